The number of sulfonamides is 1. The number of benzene rings is 2. The first-order chi connectivity index (χ1) is 10.1. The Kier molecular flexibility index (Phi) is 3.44. The molecule has 21 heavy (non-hydrogen) atoms. The van der Waals surface area contributed by atoms with E-state index in [4.69, 9.17) is 0 Å². The van der Waals surface area contributed by atoms with E-state index in [0.717, 1.165) is 5.39 Å². The van der Waals surface area contributed by atoms with Crippen LogP contribution >= 0.6 is 0 Å². The van der Waals surface area contributed by atoms with Crippen molar-refractivity contribution in [3.8, 4) is 0 Å². The van der Waals surface area contributed by atoms with Gasteiger partial charge in [-0.2, -0.15) is 9.40 Å². The zero-order valence-corrected chi connectivity index (χ0v) is 12.2. The van der Waals surface area contributed by atoms with Crippen LogP contribution in [-0.2, 0) is 16.6 Å². The number of fused-ring (bicyclic) bond motifs is 1. The summed E-state index contributed by atoms with van der Waals surface area (Å²) in [5, 5.41) is 7.99. The van der Waals surface area contributed by atoms with Crippen LogP contribution in [0, 0.1) is 0 Å². The monoisotopic (exact) mass is 302 g/mol. The summed E-state index contributed by atoms with van der Waals surface area (Å²) in [6.45, 7) is 0.144. The maximum absolute atomic E-state index is 12.7. The smallest absolute Gasteiger partial charge is 0.243 e. The molecule has 6 nitrogen and oxygen atoms in total. The summed E-state index contributed by atoms with van der Waals surface area (Å²) < 4.78 is 26.7. The van der Waals surface area contributed by atoms with Crippen LogP contribution in [-0.4, -0.2) is 35.0 Å². The Morgan fingerprint density at radius 1 is 1.14 bits per heavy atom. The van der Waals surface area contributed by atoms with Gasteiger partial charge in [-0.3, -0.25) is 5.10 Å². The molecule has 0 atom stereocenters. The quantitative estimate of drug-likeness (QED) is 0.796. The van der Waals surface area contributed by atoms with E-state index in [1.54, 1.807) is 12.1 Å². The third-order valence-corrected chi connectivity index (χ3v) is 5.14. The fourth-order valence-electron chi connectivity index (χ4n) is 2.19. The Morgan fingerprint density at radius 2 is 1.90 bits per heavy atom. The summed E-state index contributed by atoms with van der Waals surface area (Å²) in [4.78, 5) is 4.25. The van der Waals surface area contributed by atoms with Crippen LogP contribution < -0.4 is 0 Å². The molecule has 0 unspecified atom stereocenters. The van der Waals surface area contributed by atoms with Gasteiger partial charge in [-0.05, 0) is 11.5 Å². The molecule has 1 heterocycles. The topological polar surface area (TPSA) is 79.0 Å². The van der Waals surface area contributed by atoms with Gasteiger partial charge in [0.1, 0.15) is 12.2 Å². The molecule has 7 heteroatoms. The lowest BCUT2D eigenvalue weighted by molar-refractivity contribution is 0.458. The summed E-state index contributed by atoms with van der Waals surface area (Å²) >= 11 is 0. The van der Waals surface area contributed by atoms with Crippen LogP contribution in [0.25, 0.3) is 10.8 Å². The van der Waals surface area contributed by atoms with E-state index < -0.39 is 10.0 Å². The van der Waals surface area contributed by atoms with Crippen molar-refractivity contribution in [3.05, 3.63) is 54.6 Å². The van der Waals surface area contributed by atoms with Gasteiger partial charge in [0, 0.05) is 12.4 Å². The van der Waals surface area contributed by atoms with Gasteiger partial charge in [0.05, 0.1) is 11.4 Å². The van der Waals surface area contributed by atoms with Crippen molar-refractivity contribution >= 4 is 20.8 Å². The second-order valence-corrected chi connectivity index (χ2v) is 6.68. The molecule has 1 aromatic heterocycles. The molecule has 0 fully saturated rings. The van der Waals surface area contributed by atoms with Crippen molar-refractivity contribution in [3.63, 3.8) is 0 Å². The highest BCUT2D eigenvalue weighted by Gasteiger charge is 2.23. The molecule has 0 radical (unpaired) electrons. The SMILES string of the molecule is CN(Cc1ncn[nH]1)S(=O)(=O)c1cccc2ccccc12. The number of nitrogens with one attached hydrogen (secondary N) is 1. The van der Waals surface area contributed by atoms with Gasteiger partial charge in [-0.1, -0.05) is 36.4 Å². The highest BCUT2D eigenvalue weighted by molar-refractivity contribution is 7.89. The predicted octanol–water partition coefficient (Wildman–Crippen LogP) is 1.78. The molecule has 0 bridgehead atoms. The summed E-state index contributed by atoms with van der Waals surface area (Å²) in [5.74, 6) is 0.501. The molecule has 0 spiro atoms. The molecule has 0 amide bonds. The fraction of sp³-hybridized carbons (Fsp3) is 0.143. The first kappa shape index (κ1) is 13.7. The highest BCUT2D eigenvalue weighted by Crippen LogP contribution is 2.25. The summed E-state index contributed by atoms with van der Waals surface area (Å²) in [6.07, 6.45) is 1.35. The molecule has 0 aliphatic heterocycles. The molecule has 3 rings (SSSR count). The minimum atomic E-state index is -3.60. The van der Waals surface area contributed by atoms with Gasteiger partial charge in [-0.25, -0.2) is 13.4 Å². The minimum absolute atomic E-state index is 0.144. The molecule has 0 aliphatic carbocycles. The van der Waals surface area contributed by atoms with Crippen LogP contribution in [0.5, 0.6) is 0 Å². The molecule has 1 N–H and O–H groups in total. The van der Waals surface area contributed by atoms with Gasteiger partial charge < -0.3 is 0 Å². The molecule has 108 valence electrons. The Morgan fingerprint density at radius 3 is 2.67 bits per heavy atom. The van der Waals surface area contributed by atoms with Gasteiger partial charge in [0.25, 0.3) is 0 Å². The first-order valence-electron chi connectivity index (χ1n) is 6.37. The van der Waals surface area contributed by atoms with Crippen molar-refractivity contribution < 1.29 is 8.42 Å². The Hall–Kier alpha value is -2.25. The molecular formula is C14H14N4O2S. The van der Waals surface area contributed by atoms with Crippen LogP contribution in [0.4, 0.5) is 0 Å². The highest BCUT2D eigenvalue weighted by atomic mass is 32.2. The Labute approximate surface area is 122 Å². The Balaban J connectivity index is 2.04. The fourth-order valence-corrected chi connectivity index (χ4v) is 3.53. The number of hydrogen-bond acceptors (Lipinski definition) is 4. The zero-order valence-electron chi connectivity index (χ0n) is 11.4. The van der Waals surface area contributed by atoms with Crippen molar-refractivity contribution in [2.45, 2.75) is 11.4 Å². The standard InChI is InChI=1S/C14H14N4O2S/c1-18(9-14-15-10-16-17-14)21(19,20)13-8-4-6-11-5-2-3-7-12(11)13/h2-8,10H,9H2,1H3,(H,15,16,17). The molecular weight excluding hydrogens is 288 g/mol. The maximum atomic E-state index is 12.7. The lowest BCUT2D eigenvalue weighted by Crippen LogP contribution is -2.27. The van der Waals surface area contributed by atoms with E-state index >= 15 is 0 Å². The number of aromatic nitrogens is 3. The molecule has 2 aromatic carbocycles. The minimum Gasteiger partial charge on any atom is -0.262 e. The van der Waals surface area contributed by atoms with E-state index in [1.807, 2.05) is 30.3 Å². The van der Waals surface area contributed by atoms with Gasteiger partial charge in [0.15, 0.2) is 0 Å². The second-order valence-electron chi connectivity index (χ2n) is 4.67. The van der Waals surface area contributed by atoms with E-state index in [2.05, 4.69) is 15.2 Å². The van der Waals surface area contributed by atoms with Crippen LogP contribution in [0.2, 0.25) is 0 Å². The van der Waals surface area contributed by atoms with E-state index in [9.17, 15) is 8.42 Å². The van der Waals surface area contributed by atoms with Crippen molar-refractivity contribution in [2.24, 2.45) is 0 Å². The lowest BCUT2D eigenvalue weighted by atomic mass is 10.1. The average Bonchev–Trinajstić information content (AvgIpc) is 2.99. The number of hydrogen-bond donors (Lipinski definition) is 1. The van der Waals surface area contributed by atoms with Crippen LogP contribution in [0.1, 0.15) is 5.82 Å². The van der Waals surface area contributed by atoms with Gasteiger partial charge >= 0.3 is 0 Å². The van der Waals surface area contributed by atoms with Crippen molar-refractivity contribution in [2.75, 3.05) is 7.05 Å². The third kappa shape index (κ3) is 2.53. The van der Waals surface area contributed by atoms with Crippen LogP contribution in [0.3, 0.4) is 0 Å². The average molecular weight is 302 g/mol. The number of aromatic amines is 1. The summed E-state index contributed by atoms with van der Waals surface area (Å²) in [7, 11) is -2.07. The molecule has 0 saturated heterocycles. The van der Waals surface area contributed by atoms with Crippen LogP contribution in [0.15, 0.2) is 53.7 Å². The first-order valence-corrected chi connectivity index (χ1v) is 7.81. The van der Waals surface area contributed by atoms with Gasteiger partial charge in [-0.15, -0.1) is 0 Å². The third-order valence-electron chi connectivity index (χ3n) is 3.28. The molecule has 0 saturated carbocycles. The van der Waals surface area contributed by atoms with Crippen molar-refractivity contribution in [1.29, 1.82) is 0 Å². The zero-order chi connectivity index (χ0) is 14.9. The van der Waals surface area contributed by atoms with E-state index in [0.29, 0.717) is 16.1 Å². The number of H-pyrrole nitrogens is 1. The van der Waals surface area contributed by atoms with Gasteiger partial charge in [0.2, 0.25) is 10.0 Å². The molecule has 3 aromatic rings. The maximum Gasteiger partial charge on any atom is 0.243 e. The van der Waals surface area contributed by atoms with Crippen molar-refractivity contribution in [1.82, 2.24) is 19.5 Å². The number of rotatable bonds is 4. The Bertz CT molecular complexity index is 854. The van der Waals surface area contributed by atoms with E-state index in [-0.39, 0.29) is 6.54 Å². The number of nitrogens with zero attached hydrogens (tertiary/aromatic N) is 3. The predicted molar refractivity (Wildman–Crippen MR) is 79.0 cm³/mol. The van der Waals surface area contributed by atoms with E-state index in [1.165, 1.54) is 17.7 Å². The summed E-state index contributed by atoms with van der Waals surface area (Å²) in [6, 6.07) is 12.7. The summed E-state index contributed by atoms with van der Waals surface area (Å²) in [5.41, 5.74) is 0. The molecule has 0 aliphatic rings. The second kappa shape index (κ2) is 5.27. The lowest BCUT2D eigenvalue weighted by Gasteiger charge is -2.17. The largest absolute Gasteiger partial charge is 0.262 e. The normalized spacial score (nSPS) is 12.1.